The highest BCUT2D eigenvalue weighted by molar-refractivity contribution is 5.86. The number of hydrogen-bond acceptors (Lipinski definition) is 6. The molecule has 0 radical (unpaired) electrons. The first-order chi connectivity index (χ1) is 18.9. The number of unbranched alkanes of at least 4 members (excludes halogenated alkanes) is 1. The molecule has 39 heavy (non-hydrogen) atoms. The van der Waals surface area contributed by atoms with Crippen molar-refractivity contribution in [2.75, 3.05) is 19.8 Å². The summed E-state index contributed by atoms with van der Waals surface area (Å²) in [7, 11) is 0. The first-order valence-corrected chi connectivity index (χ1v) is 13.3. The third kappa shape index (κ3) is 12.9. The van der Waals surface area contributed by atoms with Gasteiger partial charge in [-0.05, 0) is 48.9 Å². The zero-order chi connectivity index (χ0) is 28.3. The summed E-state index contributed by atoms with van der Waals surface area (Å²) in [6, 6.07) is 16.9. The number of aliphatic hydroxyl groups excluding tert-OH is 1. The van der Waals surface area contributed by atoms with Gasteiger partial charge in [0, 0.05) is 12.8 Å². The smallest absolute Gasteiger partial charge is 0.305 e. The molecular formula is C31H40N2O6. The lowest BCUT2D eigenvalue weighted by Crippen LogP contribution is -2.42. The Hall–Kier alpha value is -3.91. The molecule has 0 saturated carbocycles. The second-order valence-electron chi connectivity index (χ2n) is 9.19. The van der Waals surface area contributed by atoms with Crippen LogP contribution >= 0.6 is 0 Å². The van der Waals surface area contributed by atoms with Gasteiger partial charge in [0.2, 0.25) is 11.8 Å². The van der Waals surface area contributed by atoms with Gasteiger partial charge in [0.05, 0.1) is 25.1 Å². The van der Waals surface area contributed by atoms with Gasteiger partial charge in [-0.3, -0.25) is 14.4 Å². The van der Waals surface area contributed by atoms with Crippen molar-refractivity contribution in [3.8, 4) is 5.75 Å². The van der Waals surface area contributed by atoms with Crippen molar-refractivity contribution in [1.82, 2.24) is 10.6 Å². The van der Waals surface area contributed by atoms with Crippen LogP contribution in [-0.2, 0) is 32.1 Å². The summed E-state index contributed by atoms with van der Waals surface area (Å²) in [5.41, 5.74) is 2.01. The van der Waals surface area contributed by atoms with Crippen LogP contribution in [0.25, 0.3) is 0 Å². The Kier molecular flexibility index (Phi) is 14.7. The lowest BCUT2D eigenvalue weighted by atomic mass is 9.99. The van der Waals surface area contributed by atoms with Crippen molar-refractivity contribution in [1.29, 1.82) is 0 Å². The number of carbonyl (C=O) groups excluding carboxylic acids is 3. The highest BCUT2D eigenvalue weighted by Gasteiger charge is 2.22. The largest absolute Gasteiger partial charge is 0.489 e. The highest BCUT2D eigenvalue weighted by Crippen LogP contribution is 2.16. The molecule has 0 heterocycles. The molecule has 0 saturated heterocycles. The van der Waals surface area contributed by atoms with Gasteiger partial charge in [-0.1, -0.05) is 54.6 Å². The number of benzene rings is 2. The summed E-state index contributed by atoms with van der Waals surface area (Å²) >= 11 is 0. The second kappa shape index (κ2) is 18.4. The molecule has 3 N–H and O–H groups in total. The summed E-state index contributed by atoms with van der Waals surface area (Å²) in [6.07, 6.45) is 5.74. The van der Waals surface area contributed by atoms with E-state index in [9.17, 15) is 19.5 Å². The van der Waals surface area contributed by atoms with E-state index >= 15 is 0 Å². The van der Waals surface area contributed by atoms with Gasteiger partial charge in [0.15, 0.2) is 0 Å². The van der Waals surface area contributed by atoms with Crippen molar-refractivity contribution in [2.24, 2.45) is 5.92 Å². The van der Waals surface area contributed by atoms with Gasteiger partial charge < -0.3 is 25.2 Å². The molecule has 2 aromatic rings. The Morgan fingerprint density at radius 2 is 1.72 bits per heavy atom. The van der Waals surface area contributed by atoms with Crippen molar-refractivity contribution < 1.29 is 29.0 Å². The first-order valence-electron chi connectivity index (χ1n) is 13.3. The maximum absolute atomic E-state index is 12.7. The molecule has 8 nitrogen and oxygen atoms in total. The summed E-state index contributed by atoms with van der Waals surface area (Å²) in [4.78, 5) is 36.9. The van der Waals surface area contributed by atoms with Crippen molar-refractivity contribution in [2.45, 2.75) is 51.2 Å². The number of esters is 1. The third-order valence-corrected chi connectivity index (χ3v) is 5.95. The summed E-state index contributed by atoms with van der Waals surface area (Å²) < 4.78 is 10.9. The number of amides is 2. The zero-order valence-electron chi connectivity index (χ0n) is 22.5. The van der Waals surface area contributed by atoms with Crippen LogP contribution in [-0.4, -0.2) is 48.7 Å². The van der Waals surface area contributed by atoms with Crippen LogP contribution in [0.3, 0.4) is 0 Å². The molecule has 8 heteroatoms. The van der Waals surface area contributed by atoms with Crippen LogP contribution in [0.4, 0.5) is 0 Å². The van der Waals surface area contributed by atoms with E-state index in [4.69, 9.17) is 9.47 Å². The molecule has 2 rings (SSSR count). The molecule has 0 aliphatic rings. The molecule has 0 spiro atoms. The lowest BCUT2D eigenvalue weighted by Gasteiger charge is -2.19. The van der Waals surface area contributed by atoms with E-state index in [1.165, 1.54) is 0 Å². The Morgan fingerprint density at radius 1 is 0.974 bits per heavy atom. The molecule has 2 amide bonds. The minimum atomic E-state index is -0.619. The average molecular weight is 537 g/mol. The van der Waals surface area contributed by atoms with Crippen LogP contribution < -0.4 is 15.4 Å². The van der Waals surface area contributed by atoms with Crippen molar-refractivity contribution >= 4 is 17.8 Å². The predicted molar refractivity (Wildman–Crippen MR) is 151 cm³/mol. The molecule has 0 bridgehead atoms. The number of rotatable bonds is 19. The number of hydrogen-bond donors (Lipinski definition) is 3. The average Bonchev–Trinajstić information content (AvgIpc) is 2.95. The van der Waals surface area contributed by atoms with Gasteiger partial charge >= 0.3 is 5.97 Å². The SMILES string of the molecule is C=CCCCC(=O)OCCNC(=O)[C@@H](CC=C)CC(=O)N[C@H](CO)Cc1ccc(OCc2ccccc2)cc1. The number of carbonyl (C=O) groups is 3. The molecule has 0 aromatic heterocycles. The Balaban J connectivity index is 1.77. The minimum absolute atomic E-state index is 0.0536. The lowest BCUT2D eigenvalue weighted by molar-refractivity contribution is -0.144. The van der Waals surface area contributed by atoms with Gasteiger partial charge in [-0.2, -0.15) is 0 Å². The van der Waals surface area contributed by atoms with Crippen LogP contribution in [0.2, 0.25) is 0 Å². The fourth-order valence-electron chi connectivity index (χ4n) is 3.85. The molecule has 2 aromatic carbocycles. The van der Waals surface area contributed by atoms with E-state index in [-0.39, 0.29) is 44.0 Å². The van der Waals surface area contributed by atoms with Crippen LogP contribution in [0.1, 0.15) is 43.2 Å². The van der Waals surface area contributed by atoms with Crippen LogP contribution in [0, 0.1) is 5.92 Å². The number of aliphatic hydroxyl groups is 1. The van der Waals surface area contributed by atoms with Gasteiger partial charge in [0.1, 0.15) is 19.0 Å². The molecule has 2 atom stereocenters. The quantitative estimate of drug-likeness (QED) is 0.143. The van der Waals surface area contributed by atoms with E-state index in [2.05, 4.69) is 23.8 Å². The van der Waals surface area contributed by atoms with Gasteiger partial charge in [0.25, 0.3) is 0 Å². The van der Waals surface area contributed by atoms with Crippen LogP contribution in [0.5, 0.6) is 5.75 Å². The molecule has 0 aliphatic carbocycles. The third-order valence-electron chi connectivity index (χ3n) is 5.95. The van der Waals surface area contributed by atoms with Crippen molar-refractivity contribution in [3.05, 3.63) is 91.0 Å². The van der Waals surface area contributed by atoms with E-state index in [1.807, 2.05) is 54.6 Å². The molecule has 0 unspecified atom stereocenters. The Morgan fingerprint density at radius 3 is 2.38 bits per heavy atom. The van der Waals surface area contributed by atoms with E-state index in [0.717, 1.165) is 23.3 Å². The van der Waals surface area contributed by atoms with E-state index in [1.54, 1.807) is 12.2 Å². The minimum Gasteiger partial charge on any atom is -0.489 e. The van der Waals surface area contributed by atoms with Gasteiger partial charge in [-0.25, -0.2) is 0 Å². The van der Waals surface area contributed by atoms with Crippen molar-refractivity contribution in [3.63, 3.8) is 0 Å². The number of ether oxygens (including phenoxy) is 2. The van der Waals surface area contributed by atoms with E-state index < -0.39 is 12.0 Å². The van der Waals surface area contributed by atoms with E-state index in [0.29, 0.717) is 32.3 Å². The van der Waals surface area contributed by atoms with Gasteiger partial charge in [-0.15, -0.1) is 13.2 Å². The topological polar surface area (TPSA) is 114 Å². The standard InChI is InChI=1S/C31H40N2O6/c1-3-5-7-13-30(36)38-19-18-32-31(37)26(10-4-2)21-29(35)33-27(22-34)20-24-14-16-28(17-15-24)39-23-25-11-8-6-9-12-25/h3-4,6,8-9,11-12,14-17,26-27,34H,1-2,5,7,10,13,18-23H2,(H,32,37)(H,33,35)/t26-,27-/m0/s1. The zero-order valence-corrected chi connectivity index (χ0v) is 22.5. The highest BCUT2D eigenvalue weighted by atomic mass is 16.5. The Bertz CT molecular complexity index is 1040. The van der Waals surface area contributed by atoms with Crippen LogP contribution in [0.15, 0.2) is 79.9 Å². The maximum atomic E-state index is 12.7. The maximum Gasteiger partial charge on any atom is 0.305 e. The summed E-state index contributed by atoms with van der Waals surface area (Å²) in [6.45, 7) is 7.73. The summed E-state index contributed by atoms with van der Waals surface area (Å²) in [5, 5.41) is 15.3. The monoisotopic (exact) mass is 536 g/mol. The first kappa shape index (κ1) is 31.3. The fraction of sp³-hybridized carbons (Fsp3) is 0.387. The fourth-order valence-corrected chi connectivity index (χ4v) is 3.85. The normalized spacial score (nSPS) is 12.0. The molecule has 0 aliphatic heterocycles. The predicted octanol–water partition coefficient (Wildman–Crippen LogP) is 3.88. The molecule has 0 fully saturated rings. The second-order valence-corrected chi connectivity index (χ2v) is 9.19. The summed E-state index contributed by atoms with van der Waals surface area (Å²) in [5.74, 6) is -0.872. The molecule has 210 valence electrons. The number of nitrogens with one attached hydrogen (secondary N) is 2. The molecular weight excluding hydrogens is 496 g/mol. The Labute approximate surface area is 231 Å². The number of allylic oxidation sites excluding steroid dienone is 2.